The molecule has 0 atom stereocenters. The Kier molecular flexibility index (Phi) is 5.30. The third-order valence-electron chi connectivity index (χ3n) is 4.98. The molecule has 4 rings (SSSR count). The minimum absolute atomic E-state index is 0.243. The Hall–Kier alpha value is -2.10. The summed E-state index contributed by atoms with van der Waals surface area (Å²) >= 11 is 2.68. The second-order valence-electron chi connectivity index (χ2n) is 6.75. The van der Waals surface area contributed by atoms with Crippen molar-refractivity contribution in [3.63, 3.8) is 0 Å². The molecule has 0 aliphatic carbocycles. The van der Waals surface area contributed by atoms with E-state index >= 15 is 0 Å². The number of allylic oxidation sites excluding steroid dienone is 1. The van der Waals surface area contributed by atoms with Gasteiger partial charge in [-0.15, -0.1) is 23.1 Å². The predicted molar refractivity (Wildman–Crippen MR) is 114 cm³/mol. The SMILES string of the molecule is Cc1c(Cc2sccc2S(=O)(=O)C2=CCCS2)c2cc(F)ccc2n1CC(=O)O. The number of hydrogen-bond donors (Lipinski definition) is 1. The molecule has 3 aromatic rings. The summed E-state index contributed by atoms with van der Waals surface area (Å²) < 4.78 is 42.0. The maximum Gasteiger partial charge on any atom is 0.323 e. The number of aromatic nitrogens is 1. The van der Waals surface area contributed by atoms with Gasteiger partial charge < -0.3 is 9.67 Å². The summed E-state index contributed by atoms with van der Waals surface area (Å²) in [4.78, 5) is 12.3. The van der Waals surface area contributed by atoms with Crippen LogP contribution in [0, 0.1) is 12.7 Å². The van der Waals surface area contributed by atoms with Crippen LogP contribution in [0.5, 0.6) is 0 Å². The highest BCUT2D eigenvalue weighted by molar-refractivity contribution is 8.19. The largest absolute Gasteiger partial charge is 0.480 e. The van der Waals surface area contributed by atoms with Crippen molar-refractivity contribution in [1.82, 2.24) is 4.57 Å². The molecule has 0 spiro atoms. The van der Waals surface area contributed by atoms with Crippen molar-refractivity contribution >= 4 is 49.8 Å². The Morgan fingerprint density at radius 2 is 2.10 bits per heavy atom. The molecule has 0 fully saturated rings. The van der Waals surface area contributed by atoms with Crippen molar-refractivity contribution in [2.75, 3.05) is 5.75 Å². The number of fused-ring (bicyclic) bond motifs is 1. The number of thioether (sulfide) groups is 1. The van der Waals surface area contributed by atoms with E-state index in [0.717, 1.165) is 17.7 Å². The highest BCUT2D eigenvalue weighted by Gasteiger charge is 2.28. The van der Waals surface area contributed by atoms with Crippen LogP contribution >= 0.6 is 23.1 Å². The number of carboxylic acid groups (broad SMARTS) is 1. The molecule has 3 heterocycles. The fraction of sp³-hybridized carbons (Fsp3) is 0.250. The summed E-state index contributed by atoms with van der Waals surface area (Å²) in [6.07, 6.45) is 2.78. The minimum atomic E-state index is -3.57. The monoisotopic (exact) mass is 451 g/mol. The molecule has 29 heavy (non-hydrogen) atoms. The summed E-state index contributed by atoms with van der Waals surface area (Å²) in [5.74, 6) is -0.655. The van der Waals surface area contributed by atoms with E-state index in [4.69, 9.17) is 0 Å². The number of hydrogen-bond acceptors (Lipinski definition) is 5. The summed E-state index contributed by atoms with van der Waals surface area (Å²) in [6, 6.07) is 5.86. The van der Waals surface area contributed by atoms with Crippen molar-refractivity contribution in [3.05, 3.63) is 61.9 Å². The van der Waals surface area contributed by atoms with Crippen LogP contribution in [0.25, 0.3) is 10.9 Å². The molecule has 152 valence electrons. The molecule has 0 saturated carbocycles. The Labute approximate surface area is 175 Å². The number of carboxylic acids is 1. The number of carbonyl (C=O) groups is 1. The standard InChI is InChI=1S/C20H18FNO4S3/c1-12-14(15-9-13(21)4-5-16(15)22(12)11-19(23)24)10-17-18(6-8-27-17)29(25,26)20-3-2-7-28-20/h3-6,8-9H,2,7,10-11H2,1H3,(H,23,24). The van der Waals surface area contributed by atoms with Gasteiger partial charge in [0.05, 0.1) is 4.90 Å². The van der Waals surface area contributed by atoms with E-state index in [9.17, 15) is 22.7 Å². The summed E-state index contributed by atoms with van der Waals surface area (Å²) in [5.41, 5.74) is 2.06. The highest BCUT2D eigenvalue weighted by Crippen LogP contribution is 2.38. The second-order valence-corrected chi connectivity index (χ2v) is 11.0. The lowest BCUT2D eigenvalue weighted by Gasteiger charge is -2.08. The van der Waals surface area contributed by atoms with E-state index in [1.165, 1.54) is 35.2 Å². The average Bonchev–Trinajstić information content (AvgIpc) is 3.39. The van der Waals surface area contributed by atoms with Gasteiger partial charge in [-0.1, -0.05) is 6.08 Å². The Morgan fingerprint density at radius 1 is 1.31 bits per heavy atom. The molecule has 5 nitrogen and oxygen atoms in total. The lowest BCUT2D eigenvalue weighted by molar-refractivity contribution is -0.137. The smallest absolute Gasteiger partial charge is 0.323 e. The number of thiophene rings is 1. The van der Waals surface area contributed by atoms with Crippen LogP contribution in [0.2, 0.25) is 0 Å². The number of nitrogens with zero attached hydrogens (tertiary/aromatic N) is 1. The third-order valence-corrected chi connectivity index (χ3v) is 9.59. The molecule has 0 radical (unpaired) electrons. The summed E-state index contributed by atoms with van der Waals surface area (Å²) in [5, 5.41) is 11.6. The van der Waals surface area contributed by atoms with Gasteiger partial charge in [0.25, 0.3) is 0 Å². The van der Waals surface area contributed by atoms with Gasteiger partial charge in [-0.05, 0) is 48.6 Å². The summed E-state index contributed by atoms with van der Waals surface area (Å²) in [7, 11) is -3.57. The molecule has 0 saturated heterocycles. The Balaban J connectivity index is 1.82. The first-order chi connectivity index (χ1) is 13.8. The van der Waals surface area contributed by atoms with Crippen LogP contribution in [-0.4, -0.2) is 29.8 Å². The quantitative estimate of drug-likeness (QED) is 0.594. The van der Waals surface area contributed by atoms with Crippen LogP contribution in [0.1, 0.15) is 22.6 Å². The maximum atomic E-state index is 13.9. The molecular formula is C20H18FNO4S3. The normalized spacial score (nSPS) is 14.5. The van der Waals surface area contributed by atoms with Crippen LogP contribution < -0.4 is 0 Å². The number of sulfone groups is 1. The number of rotatable bonds is 6. The van der Waals surface area contributed by atoms with Crippen LogP contribution in [0.15, 0.2) is 44.9 Å². The molecule has 0 unspecified atom stereocenters. The minimum Gasteiger partial charge on any atom is -0.480 e. The Morgan fingerprint density at radius 3 is 2.79 bits per heavy atom. The highest BCUT2D eigenvalue weighted by atomic mass is 32.3. The van der Waals surface area contributed by atoms with Gasteiger partial charge in [-0.3, -0.25) is 4.79 Å². The van der Waals surface area contributed by atoms with Gasteiger partial charge in [0, 0.05) is 33.6 Å². The summed E-state index contributed by atoms with van der Waals surface area (Å²) in [6.45, 7) is 1.54. The lowest BCUT2D eigenvalue weighted by atomic mass is 10.1. The zero-order valence-corrected chi connectivity index (χ0v) is 18.0. The van der Waals surface area contributed by atoms with Crippen LogP contribution in [-0.2, 0) is 27.6 Å². The molecule has 1 N–H and O–H groups in total. The first kappa shape index (κ1) is 20.2. The fourth-order valence-electron chi connectivity index (χ4n) is 3.63. The third kappa shape index (κ3) is 3.62. The second kappa shape index (κ2) is 7.62. The molecule has 0 bridgehead atoms. The zero-order chi connectivity index (χ0) is 20.8. The number of aliphatic carboxylic acids is 1. The van der Waals surface area contributed by atoms with E-state index in [2.05, 4.69) is 0 Å². The number of halogens is 1. The Bertz CT molecular complexity index is 1250. The first-order valence-electron chi connectivity index (χ1n) is 8.92. The first-order valence-corrected chi connectivity index (χ1v) is 12.3. The van der Waals surface area contributed by atoms with Crippen molar-refractivity contribution < 1.29 is 22.7 Å². The van der Waals surface area contributed by atoms with E-state index in [1.54, 1.807) is 35.1 Å². The maximum absolute atomic E-state index is 13.9. The van der Waals surface area contributed by atoms with E-state index in [1.807, 2.05) is 0 Å². The predicted octanol–water partition coefficient (Wildman–Crippen LogP) is 4.58. The van der Waals surface area contributed by atoms with Gasteiger partial charge in [-0.25, -0.2) is 12.8 Å². The van der Waals surface area contributed by atoms with Crippen LogP contribution in [0.4, 0.5) is 4.39 Å². The van der Waals surface area contributed by atoms with Gasteiger partial charge in [-0.2, -0.15) is 0 Å². The fourth-order valence-corrected chi connectivity index (χ4v) is 7.96. The van der Waals surface area contributed by atoms with Gasteiger partial charge in [0.1, 0.15) is 16.6 Å². The van der Waals surface area contributed by atoms with E-state index in [-0.39, 0.29) is 11.4 Å². The molecule has 1 aliphatic heterocycles. The zero-order valence-electron chi connectivity index (χ0n) is 15.5. The van der Waals surface area contributed by atoms with Crippen LogP contribution in [0.3, 0.4) is 0 Å². The molecular weight excluding hydrogens is 433 g/mol. The molecule has 1 aromatic carbocycles. The van der Waals surface area contributed by atoms with Crippen molar-refractivity contribution in [3.8, 4) is 0 Å². The molecule has 2 aromatic heterocycles. The van der Waals surface area contributed by atoms with Gasteiger partial charge in [0.15, 0.2) is 0 Å². The topological polar surface area (TPSA) is 76.4 Å². The van der Waals surface area contributed by atoms with E-state index in [0.29, 0.717) is 32.1 Å². The number of benzene rings is 1. The molecule has 9 heteroatoms. The van der Waals surface area contributed by atoms with E-state index < -0.39 is 21.6 Å². The van der Waals surface area contributed by atoms with Crippen molar-refractivity contribution in [2.24, 2.45) is 0 Å². The van der Waals surface area contributed by atoms with Gasteiger partial charge >= 0.3 is 5.97 Å². The van der Waals surface area contributed by atoms with Crippen molar-refractivity contribution in [2.45, 2.75) is 31.2 Å². The molecule has 1 aliphatic rings. The molecule has 0 amide bonds. The average molecular weight is 452 g/mol. The lowest BCUT2D eigenvalue weighted by Crippen LogP contribution is -2.10. The van der Waals surface area contributed by atoms with Gasteiger partial charge in [0.2, 0.25) is 9.84 Å². The van der Waals surface area contributed by atoms with Crippen molar-refractivity contribution in [1.29, 1.82) is 0 Å².